The van der Waals surface area contributed by atoms with Crippen molar-refractivity contribution in [2.45, 2.75) is 6.42 Å². The van der Waals surface area contributed by atoms with Gasteiger partial charge in [-0.1, -0.05) is 0 Å². The Balaban J connectivity index is 1.41. The average Bonchev–Trinajstić information content (AvgIpc) is 3.25. The van der Waals surface area contributed by atoms with Crippen molar-refractivity contribution >= 4 is 23.3 Å². The Morgan fingerprint density at radius 2 is 1.50 bits per heavy atom. The molecule has 4 rings (SSSR count). The fourth-order valence-electron chi connectivity index (χ4n) is 3.75. The summed E-state index contributed by atoms with van der Waals surface area (Å²) in [6.45, 7) is 0.175. The van der Waals surface area contributed by atoms with Crippen molar-refractivity contribution in [3.63, 3.8) is 0 Å². The second-order valence-electron chi connectivity index (χ2n) is 7.73. The fraction of sp³-hybridized carbons (Fsp3) is 0.192. The highest BCUT2D eigenvalue weighted by molar-refractivity contribution is 6.09. The number of ketones is 1. The van der Waals surface area contributed by atoms with Crippen molar-refractivity contribution in [2.75, 3.05) is 25.7 Å². The maximum absolute atomic E-state index is 13.1. The van der Waals surface area contributed by atoms with Crippen molar-refractivity contribution in [3.8, 4) is 17.2 Å². The van der Waals surface area contributed by atoms with E-state index in [2.05, 4.69) is 0 Å². The van der Waals surface area contributed by atoms with Crippen molar-refractivity contribution in [3.05, 3.63) is 83.7 Å². The molecule has 0 saturated carbocycles. The Morgan fingerprint density at radius 3 is 2.12 bits per heavy atom. The third kappa shape index (κ3) is 4.76. The van der Waals surface area contributed by atoms with Crippen LogP contribution in [0.1, 0.15) is 22.3 Å². The van der Waals surface area contributed by atoms with Crippen LogP contribution in [-0.2, 0) is 9.59 Å². The molecule has 8 heteroatoms. The number of benzene rings is 3. The lowest BCUT2D eigenvalue weighted by molar-refractivity contribution is -0.139. The van der Waals surface area contributed by atoms with E-state index in [-0.39, 0.29) is 30.4 Å². The maximum atomic E-state index is 13.1. The molecule has 1 heterocycles. The Bertz CT molecular complexity index is 1220. The lowest BCUT2D eigenvalue weighted by Gasteiger charge is -2.18. The molecular formula is C26H22FNO6. The van der Waals surface area contributed by atoms with Crippen molar-refractivity contribution in [2.24, 2.45) is 5.92 Å². The van der Waals surface area contributed by atoms with Crippen LogP contribution in [-0.4, -0.2) is 38.4 Å². The summed E-state index contributed by atoms with van der Waals surface area (Å²) in [5.41, 5.74) is 1.33. The van der Waals surface area contributed by atoms with Crippen molar-refractivity contribution < 1.29 is 33.0 Å². The van der Waals surface area contributed by atoms with Gasteiger partial charge in [-0.05, 0) is 60.7 Å². The number of methoxy groups -OCH3 is 2. The van der Waals surface area contributed by atoms with Gasteiger partial charge >= 0.3 is 5.97 Å². The number of rotatable bonds is 7. The summed E-state index contributed by atoms with van der Waals surface area (Å²) < 4.78 is 29.0. The highest BCUT2D eigenvalue weighted by atomic mass is 19.1. The van der Waals surface area contributed by atoms with Gasteiger partial charge in [0.15, 0.2) is 17.3 Å². The van der Waals surface area contributed by atoms with E-state index in [4.69, 9.17) is 14.2 Å². The number of ether oxygens (including phenoxy) is 3. The summed E-state index contributed by atoms with van der Waals surface area (Å²) in [4.78, 5) is 39.3. The Morgan fingerprint density at radius 1 is 0.882 bits per heavy atom. The van der Waals surface area contributed by atoms with Crippen LogP contribution < -0.4 is 19.1 Å². The van der Waals surface area contributed by atoms with Crippen LogP contribution in [0.3, 0.4) is 0 Å². The number of hydrogen-bond donors (Lipinski definition) is 0. The third-order valence-corrected chi connectivity index (χ3v) is 5.58. The van der Waals surface area contributed by atoms with E-state index >= 15 is 0 Å². The van der Waals surface area contributed by atoms with Crippen LogP contribution >= 0.6 is 0 Å². The first-order valence-corrected chi connectivity index (χ1v) is 10.5. The minimum atomic E-state index is -0.638. The Kier molecular flexibility index (Phi) is 6.58. The molecule has 1 saturated heterocycles. The summed E-state index contributed by atoms with van der Waals surface area (Å²) in [5, 5.41) is 0. The molecule has 3 aromatic carbocycles. The zero-order valence-electron chi connectivity index (χ0n) is 18.6. The first kappa shape index (κ1) is 23.0. The van der Waals surface area contributed by atoms with Crippen LogP contribution in [0.5, 0.6) is 17.2 Å². The smallest absolute Gasteiger partial charge is 0.316 e. The first-order chi connectivity index (χ1) is 16.4. The monoisotopic (exact) mass is 463 g/mol. The molecule has 1 aliphatic heterocycles. The molecule has 0 unspecified atom stereocenters. The molecule has 7 nitrogen and oxygen atoms in total. The van der Waals surface area contributed by atoms with Gasteiger partial charge in [-0.25, -0.2) is 4.39 Å². The fourth-order valence-corrected chi connectivity index (χ4v) is 3.75. The molecule has 0 radical (unpaired) electrons. The summed E-state index contributed by atoms with van der Waals surface area (Å²) in [5.74, 6) is -0.787. The lowest BCUT2D eigenvalue weighted by Crippen LogP contribution is -2.27. The quantitative estimate of drug-likeness (QED) is 0.299. The molecule has 1 fully saturated rings. The zero-order chi connectivity index (χ0) is 24.2. The summed E-state index contributed by atoms with van der Waals surface area (Å²) >= 11 is 0. The van der Waals surface area contributed by atoms with Gasteiger partial charge in [-0.2, -0.15) is 0 Å². The summed E-state index contributed by atoms with van der Waals surface area (Å²) in [6, 6.07) is 16.4. The summed E-state index contributed by atoms with van der Waals surface area (Å²) in [6.07, 6.45) is 0.0221. The highest BCUT2D eigenvalue weighted by Gasteiger charge is 2.36. The minimum Gasteiger partial charge on any atom is -0.493 e. The van der Waals surface area contributed by atoms with Gasteiger partial charge in [0.1, 0.15) is 11.6 Å². The van der Waals surface area contributed by atoms with E-state index in [1.54, 1.807) is 18.2 Å². The molecule has 0 aliphatic carbocycles. The van der Waals surface area contributed by atoms with Crippen molar-refractivity contribution in [1.82, 2.24) is 0 Å². The van der Waals surface area contributed by atoms with Gasteiger partial charge in [-0.3, -0.25) is 14.4 Å². The molecular weight excluding hydrogens is 441 g/mol. The Labute approximate surface area is 195 Å². The van der Waals surface area contributed by atoms with E-state index < -0.39 is 17.7 Å². The molecule has 0 N–H and O–H groups in total. The second kappa shape index (κ2) is 9.74. The second-order valence-corrected chi connectivity index (χ2v) is 7.73. The maximum Gasteiger partial charge on any atom is 0.316 e. The normalized spacial score (nSPS) is 15.2. The lowest BCUT2D eigenvalue weighted by atomic mass is 10.0. The van der Waals surface area contributed by atoms with Crippen molar-refractivity contribution in [1.29, 1.82) is 0 Å². The molecule has 1 atom stereocenters. The molecule has 3 aromatic rings. The number of hydrogen-bond acceptors (Lipinski definition) is 6. The van der Waals surface area contributed by atoms with Crippen LogP contribution in [0.4, 0.5) is 10.1 Å². The SMILES string of the molecule is COc1ccc(N2C[C@H](C(=O)Oc3ccc(C(=O)c4ccc(F)cc4)cc3)CC2=O)cc1OC. The van der Waals surface area contributed by atoms with E-state index in [1.807, 2.05) is 0 Å². The number of halogens is 1. The molecule has 1 amide bonds. The van der Waals surface area contributed by atoms with Crippen LogP contribution in [0.2, 0.25) is 0 Å². The number of carbonyl (C=O) groups excluding carboxylic acids is 3. The molecule has 34 heavy (non-hydrogen) atoms. The molecule has 0 bridgehead atoms. The van der Waals surface area contributed by atoms with Crippen LogP contribution in [0.15, 0.2) is 66.7 Å². The van der Waals surface area contributed by atoms with Crippen LogP contribution in [0.25, 0.3) is 0 Å². The molecule has 174 valence electrons. The predicted molar refractivity (Wildman–Crippen MR) is 122 cm³/mol. The topological polar surface area (TPSA) is 82.1 Å². The van der Waals surface area contributed by atoms with Gasteiger partial charge in [0.25, 0.3) is 0 Å². The largest absolute Gasteiger partial charge is 0.493 e. The standard InChI is InChI=1S/C26H22FNO6/c1-32-22-12-9-20(14-23(22)33-2)28-15-18(13-24(28)29)26(31)34-21-10-5-17(6-11-21)25(30)16-3-7-19(27)8-4-16/h3-12,14,18H,13,15H2,1-2H3/t18-/m1/s1. The van der Waals surface area contributed by atoms with Gasteiger partial charge in [-0.15, -0.1) is 0 Å². The van der Waals surface area contributed by atoms with Gasteiger partial charge in [0.2, 0.25) is 5.91 Å². The molecule has 0 aromatic heterocycles. The van der Waals surface area contributed by atoms with Crippen LogP contribution in [0, 0.1) is 11.7 Å². The number of esters is 1. The van der Waals surface area contributed by atoms with E-state index in [0.717, 1.165) is 0 Å². The third-order valence-electron chi connectivity index (χ3n) is 5.58. The Hall–Kier alpha value is -4.20. The van der Waals surface area contributed by atoms with E-state index in [9.17, 15) is 18.8 Å². The number of nitrogens with zero attached hydrogens (tertiary/aromatic N) is 1. The predicted octanol–water partition coefficient (Wildman–Crippen LogP) is 4.03. The first-order valence-electron chi connectivity index (χ1n) is 10.5. The number of amides is 1. The molecule has 0 spiro atoms. The minimum absolute atomic E-state index is 0.0221. The molecule has 1 aliphatic rings. The highest BCUT2D eigenvalue weighted by Crippen LogP contribution is 2.34. The van der Waals surface area contributed by atoms with Gasteiger partial charge in [0, 0.05) is 35.8 Å². The van der Waals surface area contributed by atoms with Gasteiger partial charge < -0.3 is 19.1 Å². The average molecular weight is 463 g/mol. The number of carbonyl (C=O) groups is 3. The number of anilines is 1. The van der Waals surface area contributed by atoms with Gasteiger partial charge in [0.05, 0.1) is 20.1 Å². The van der Waals surface area contributed by atoms with E-state index in [1.165, 1.54) is 67.7 Å². The summed E-state index contributed by atoms with van der Waals surface area (Å²) in [7, 11) is 3.03. The zero-order valence-corrected chi connectivity index (χ0v) is 18.6. The van der Waals surface area contributed by atoms with E-state index in [0.29, 0.717) is 28.3 Å².